The van der Waals surface area contributed by atoms with Gasteiger partial charge in [-0.25, -0.2) is 8.42 Å². The van der Waals surface area contributed by atoms with E-state index in [9.17, 15) is 23.4 Å². The molecule has 0 spiro atoms. The first-order valence-corrected chi connectivity index (χ1v) is 15.6. The van der Waals surface area contributed by atoms with Gasteiger partial charge in [0.2, 0.25) is 9.84 Å². The van der Waals surface area contributed by atoms with Crippen molar-refractivity contribution in [3.63, 3.8) is 0 Å². The van der Waals surface area contributed by atoms with E-state index in [0.29, 0.717) is 18.4 Å². The molecule has 214 valence electrons. The van der Waals surface area contributed by atoms with Crippen molar-refractivity contribution >= 4 is 49.0 Å². The molecule has 1 amide bonds. The number of nitrogens with one attached hydrogen (secondary N) is 1. The zero-order valence-electron chi connectivity index (χ0n) is 23.1. The number of benzene rings is 4. The second-order valence-electron chi connectivity index (χ2n) is 10.9. The predicted octanol–water partition coefficient (Wildman–Crippen LogP) is 7.99. The molecule has 9 heteroatoms. The molecule has 0 radical (unpaired) electrons. The summed E-state index contributed by atoms with van der Waals surface area (Å²) in [7, 11) is -3.88. The van der Waals surface area contributed by atoms with Gasteiger partial charge in [-0.3, -0.25) is 4.79 Å². The Morgan fingerprint density at radius 3 is 2.10 bits per heavy atom. The largest absolute Gasteiger partial charge is 0.507 e. The molecule has 0 heterocycles. The highest BCUT2D eigenvalue weighted by Crippen LogP contribution is 2.36. The van der Waals surface area contributed by atoms with Crippen LogP contribution in [0.25, 0.3) is 0 Å². The summed E-state index contributed by atoms with van der Waals surface area (Å²) in [4.78, 5) is 13.3. The van der Waals surface area contributed by atoms with E-state index in [4.69, 9.17) is 11.6 Å². The molecule has 0 aliphatic rings. The molecular weight excluding hydrogens is 626 g/mol. The van der Waals surface area contributed by atoms with Crippen molar-refractivity contribution in [2.24, 2.45) is 0 Å². The first kappa shape index (κ1) is 30.6. The second kappa shape index (κ2) is 11.9. The number of hydrogen-bond acceptors (Lipinski definition) is 5. The molecule has 0 saturated heterocycles. The molecule has 6 nitrogen and oxygen atoms in total. The number of amides is 1. The van der Waals surface area contributed by atoms with Gasteiger partial charge in [0.15, 0.2) is 0 Å². The fraction of sp³-hybridized carbons (Fsp3) is 0.219. The third-order valence-corrected chi connectivity index (χ3v) is 9.58. The van der Waals surface area contributed by atoms with E-state index in [1.165, 1.54) is 48.9 Å². The first-order chi connectivity index (χ1) is 19.2. The molecule has 0 atom stereocenters. The van der Waals surface area contributed by atoms with Crippen LogP contribution >= 0.6 is 27.5 Å². The minimum Gasteiger partial charge on any atom is -0.507 e. The number of sulfone groups is 1. The highest BCUT2D eigenvalue weighted by Gasteiger charge is 2.23. The molecule has 4 rings (SSSR count). The topological polar surface area (TPSA) is 104 Å². The van der Waals surface area contributed by atoms with E-state index >= 15 is 0 Å². The Hall–Kier alpha value is -3.33. The zero-order valence-corrected chi connectivity index (χ0v) is 26.3. The summed E-state index contributed by atoms with van der Waals surface area (Å²) in [6.45, 7) is 7.98. The van der Waals surface area contributed by atoms with Crippen molar-refractivity contribution in [2.75, 3.05) is 5.32 Å². The number of hydrogen-bond donors (Lipinski definition) is 3. The van der Waals surface area contributed by atoms with E-state index in [2.05, 4.69) is 66.3 Å². The van der Waals surface area contributed by atoms with Crippen LogP contribution in [0.5, 0.6) is 11.5 Å². The van der Waals surface area contributed by atoms with Gasteiger partial charge in [0, 0.05) is 10.0 Å². The van der Waals surface area contributed by atoms with Crippen molar-refractivity contribution in [1.82, 2.24) is 0 Å². The van der Waals surface area contributed by atoms with Gasteiger partial charge in [0.1, 0.15) is 11.5 Å². The standard InChI is InChI=1S/C32H31BrClNO5S/c1-19-29(36)21(8-5-20-6-9-22(10-7-20)32(2,3)4)17-26(30(19)37)31(38)35-28-18-25(15-16-27(28)34)41(39,40)24-13-11-23(33)12-14-24/h6-7,9-18,36-37H,5,8H2,1-4H3,(H,35,38). The Kier molecular flexibility index (Phi) is 8.87. The van der Waals surface area contributed by atoms with Crippen LogP contribution in [-0.4, -0.2) is 24.5 Å². The monoisotopic (exact) mass is 655 g/mol. The van der Waals surface area contributed by atoms with E-state index in [-0.39, 0.29) is 48.5 Å². The third-order valence-electron chi connectivity index (χ3n) is 6.96. The quantitative estimate of drug-likeness (QED) is 0.187. The average molecular weight is 657 g/mol. The molecule has 0 aliphatic heterocycles. The smallest absolute Gasteiger partial charge is 0.259 e. The van der Waals surface area contributed by atoms with Crippen LogP contribution in [0.1, 0.15) is 53.4 Å². The molecule has 0 aliphatic carbocycles. The van der Waals surface area contributed by atoms with Gasteiger partial charge in [0.05, 0.1) is 26.1 Å². The van der Waals surface area contributed by atoms with Crippen molar-refractivity contribution in [3.05, 3.63) is 110 Å². The highest BCUT2D eigenvalue weighted by atomic mass is 79.9. The summed E-state index contributed by atoms with van der Waals surface area (Å²) in [6, 6.07) is 20.0. The van der Waals surface area contributed by atoms with Crippen LogP contribution in [0.4, 0.5) is 5.69 Å². The maximum absolute atomic E-state index is 13.3. The van der Waals surface area contributed by atoms with Gasteiger partial charge in [-0.1, -0.05) is 72.6 Å². The van der Waals surface area contributed by atoms with Gasteiger partial charge in [-0.05, 0) is 90.4 Å². The Labute approximate surface area is 254 Å². The summed E-state index contributed by atoms with van der Waals surface area (Å²) in [5.74, 6) is -1.14. The van der Waals surface area contributed by atoms with Crippen LogP contribution in [0.15, 0.2) is 87.1 Å². The Balaban J connectivity index is 1.59. The molecule has 0 saturated carbocycles. The fourth-order valence-electron chi connectivity index (χ4n) is 4.39. The number of rotatable bonds is 7. The van der Waals surface area contributed by atoms with Gasteiger partial charge < -0.3 is 15.5 Å². The highest BCUT2D eigenvalue weighted by molar-refractivity contribution is 9.10. The predicted molar refractivity (Wildman–Crippen MR) is 166 cm³/mol. The molecule has 4 aromatic carbocycles. The molecule has 0 fully saturated rings. The first-order valence-electron chi connectivity index (χ1n) is 12.9. The molecule has 41 heavy (non-hydrogen) atoms. The van der Waals surface area contributed by atoms with E-state index in [1.807, 2.05) is 0 Å². The molecule has 0 unspecified atom stereocenters. The van der Waals surface area contributed by atoms with Crippen molar-refractivity contribution < 1.29 is 23.4 Å². The van der Waals surface area contributed by atoms with Gasteiger partial charge in [-0.2, -0.15) is 0 Å². The van der Waals surface area contributed by atoms with Gasteiger partial charge >= 0.3 is 0 Å². The lowest BCUT2D eigenvalue weighted by Gasteiger charge is -2.19. The maximum Gasteiger partial charge on any atom is 0.259 e. The summed E-state index contributed by atoms with van der Waals surface area (Å²) in [5.41, 5.74) is 3.02. The fourth-order valence-corrected chi connectivity index (χ4v) is 6.10. The van der Waals surface area contributed by atoms with E-state index < -0.39 is 15.7 Å². The summed E-state index contributed by atoms with van der Waals surface area (Å²) in [6.07, 6.45) is 1.05. The van der Waals surface area contributed by atoms with Crippen molar-refractivity contribution in [3.8, 4) is 11.5 Å². The number of carbonyl (C=O) groups is 1. The van der Waals surface area contributed by atoms with E-state index in [0.717, 1.165) is 10.0 Å². The average Bonchev–Trinajstić information content (AvgIpc) is 2.92. The molecule has 4 aromatic rings. The third kappa shape index (κ3) is 6.77. The summed E-state index contributed by atoms with van der Waals surface area (Å²) in [5, 5.41) is 24.2. The SMILES string of the molecule is Cc1c(O)c(CCc2ccc(C(C)(C)C)cc2)cc(C(=O)Nc2cc(S(=O)(=O)c3ccc(Br)cc3)ccc2Cl)c1O. The number of anilines is 1. The van der Waals surface area contributed by atoms with Crippen LogP contribution in [0.3, 0.4) is 0 Å². The van der Waals surface area contributed by atoms with Crippen molar-refractivity contribution in [2.45, 2.75) is 55.7 Å². The lowest BCUT2D eigenvalue weighted by Crippen LogP contribution is -2.14. The van der Waals surface area contributed by atoms with Crippen LogP contribution in [-0.2, 0) is 28.1 Å². The number of phenols is 2. The lowest BCUT2D eigenvalue weighted by molar-refractivity contribution is 0.102. The van der Waals surface area contributed by atoms with Crippen LogP contribution < -0.4 is 5.32 Å². The molecule has 0 aromatic heterocycles. The minimum absolute atomic E-state index is 0.0404. The lowest BCUT2D eigenvalue weighted by atomic mass is 9.86. The Morgan fingerprint density at radius 2 is 1.49 bits per heavy atom. The van der Waals surface area contributed by atoms with Gasteiger partial charge in [0.25, 0.3) is 5.91 Å². The zero-order chi connectivity index (χ0) is 30.1. The minimum atomic E-state index is -3.88. The molecule has 3 N–H and O–H groups in total. The van der Waals surface area contributed by atoms with Crippen LogP contribution in [0.2, 0.25) is 5.02 Å². The molecule has 0 bridgehead atoms. The summed E-state index contributed by atoms with van der Waals surface area (Å²) >= 11 is 9.60. The number of halogens is 2. The summed E-state index contributed by atoms with van der Waals surface area (Å²) < 4.78 is 27.1. The Bertz CT molecular complexity index is 1710. The normalized spacial score (nSPS) is 11.9. The molecular formula is C32H31BrClNO5S. The van der Waals surface area contributed by atoms with Gasteiger partial charge in [-0.15, -0.1) is 0 Å². The number of aromatic hydroxyl groups is 2. The Morgan fingerprint density at radius 1 is 0.878 bits per heavy atom. The maximum atomic E-state index is 13.3. The second-order valence-corrected chi connectivity index (χ2v) is 14.2. The van der Waals surface area contributed by atoms with Crippen LogP contribution in [0, 0.1) is 6.92 Å². The number of carbonyl (C=O) groups excluding carboxylic acids is 1. The van der Waals surface area contributed by atoms with Crippen molar-refractivity contribution in [1.29, 1.82) is 0 Å². The number of phenolic OH excluding ortho intramolecular Hbond substituents is 2. The number of aryl methyl sites for hydroxylation is 2. The van der Waals surface area contributed by atoms with E-state index in [1.54, 1.807) is 12.1 Å².